The van der Waals surface area contributed by atoms with Crippen molar-refractivity contribution in [2.45, 2.75) is 49.6 Å². The second-order valence-electron chi connectivity index (χ2n) is 4.90. The van der Waals surface area contributed by atoms with E-state index < -0.39 is 10.0 Å². The maximum atomic E-state index is 12.2. The monoisotopic (exact) mass is 269 g/mol. The fourth-order valence-corrected chi connectivity index (χ4v) is 3.94. The summed E-state index contributed by atoms with van der Waals surface area (Å²) in [6.07, 6.45) is 2.54. The van der Waals surface area contributed by atoms with Gasteiger partial charge in [-0.3, -0.25) is 0 Å². The largest absolute Gasteiger partial charge is 0.393 e. The van der Waals surface area contributed by atoms with E-state index in [1.54, 1.807) is 25.1 Å². The zero-order valence-electron chi connectivity index (χ0n) is 10.5. The second-order valence-corrected chi connectivity index (χ2v) is 6.59. The number of sulfonamides is 1. The Morgan fingerprint density at radius 3 is 2.67 bits per heavy atom. The van der Waals surface area contributed by atoms with Crippen LogP contribution in [0.5, 0.6) is 0 Å². The number of hydrogen-bond acceptors (Lipinski definition) is 3. The fraction of sp³-hybridized carbons (Fsp3) is 0.538. The van der Waals surface area contributed by atoms with Gasteiger partial charge in [0, 0.05) is 6.04 Å². The van der Waals surface area contributed by atoms with Crippen molar-refractivity contribution in [3.05, 3.63) is 29.8 Å². The summed E-state index contributed by atoms with van der Waals surface area (Å²) in [5.74, 6) is 0. The minimum atomic E-state index is -3.48. The fourth-order valence-electron chi connectivity index (χ4n) is 2.41. The summed E-state index contributed by atoms with van der Waals surface area (Å²) in [5.41, 5.74) is 0.737. The summed E-state index contributed by atoms with van der Waals surface area (Å²) in [6, 6.07) is 6.77. The summed E-state index contributed by atoms with van der Waals surface area (Å²) in [6.45, 7) is 1.78. The van der Waals surface area contributed by atoms with E-state index in [0.717, 1.165) is 24.8 Å². The first-order chi connectivity index (χ1) is 8.49. The molecule has 4 nitrogen and oxygen atoms in total. The van der Waals surface area contributed by atoms with Crippen LogP contribution in [-0.4, -0.2) is 25.7 Å². The van der Waals surface area contributed by atoms with E-state index in [-0.39, 0.29) is 12.1 Å². The molecule has 0 saturated heterocycles. The normalized spacial score (nSPS) is 25.0. The Balaban J connectivity index is 2.15. The Bertz CT molecular complexity index is 513. The lowest BCUT2D eigenvalue weighted by atomic mass is 9.94. The summed E-state index contributed by atoms with van der Waals surface area (Å²) in [5, 5.41) is 9.57. The van der Waals surface area contributed by atoms with E-state index in [2.05, 4.69) is 4.72 Å². The molecule has 100 valence electrons. The van der Waals surface area contributed by atoms with Crippen LogP contribution in [0.3, 0.4) is 0 Å². The molecule has 18 heavy (non-hydrogen) atoms. The Morgan fingerprint density at radius 1 is 1.28 bits per heavy atom. The van der Waals surface area contributed by atoms with Gasteiger partial charge in [-0.1, -0.05) is 18.2 Å². The molecule has 2 rings (SSSR count). The lowest BCUT2D eigenvalue weighted by molar-refractivity contribution is 0.117. The molecule has 2 unspecified atom stereocenters. The third kappa shape index (κ3) is 3.10. The van der Waals surface area contributed by atoms with Crippen LogP contribution in [0.2, 0.25) is 0 Å². The quantitative estimate of drug-likeness (QED) is 0.875. The SMILES string of the molecule is Cc1ccccc1S(=O)(=O)NC1CCCC(O)C1. The van der Waals surface area contributed by atoms with Crippen LogP contribution in [-0.2, 0) is 10.0 Å². The first-order valence-corrected chi connectivity index (χ1v) is 7.73. The minimum Gasteiger partial charge on any atom is -0.393 e. The summed E-state index contributed by atoms with van der Waals surface area (Å²) < 4.78 is 27.2. The van der Waals surface area contributed by atoms with Gasteiger partial charge in [0.05, 0.1) is 11.0 Å². The number of hydrogen-bond donors (Lipinski definition) is 2. The van der Waals surface area contributed by atoms with Crippen molar-refractivity contribution in [2.24, 2.45) is 0 Å². The van der Waals surface area contributed by atoms with E-state index in [1.165, 1.54) is 0 Å². The lowest BCUT2D eigenvalue weighted by Gasteiger charge is -2.26. The summed E-state index contributed by atoms with van der Waals surface area (Å²) >= 11 is 0. The number of rotatable bonds is 3. The highest BCUT2D eigenvalue weighted by Crippen LogP contribution is 2.21. The van der Waals surface area contributed by atoms with E-state index in [9.17, 15) is 13.5 Å². The van der Waals surface area contributed by atoms with E-state index in [1.807, 2.05) is 6.07 Å². The van der Waals surface area contributed by atoms with E-state index in [0.29, 0.717) is 11.3 Å². The molecule has 0 radical (unpaired) electrons. The van der Waals surface area contributed by atoms with Crippen LogP contribution >= 0.6 is 0 Å². The highest BCUT2D eigenvalue weighted by atomic mass is 32.2. The molecule has 1 fully saturated rings. The number of aryl methyl sites for hydroxylation is 1. The molecule has 1 saturated carbocycles. The van der Waals surface area contributed by atoms with E-state index in [4.69, 9.17) is 0 Å². The van der Waals surface area contributed by atoms with Crippen LogP contribution in [0.1, 0.15) is 31.2 Å². The maximum absolute atomic E-state index is 12.2. The molecule has 5 heteroatoms. The Labute approximate surface area is 108 Å². The third-order valence-electron chi connectivity index (χ3n) is 3.35. The van der Waals surface area contributed by atoms with Crippen molar-refractivity contribution < 1.29 is 13.5 Å². The van der Waals surface area contributed by atoms with Crippen LogP contribution < -0.4 is 4.72 Å². The Morgan fingerprint density at radius 2 is 2.00 bits per heavy atom. The molecule has 2 N–H and O–H groups in total. The zero-order valence-corrected chi connectivity index (χ0v) is 11.3. The minimum absolute atomic E-state index is 0.154. The molecule has 1 aromatic carbocycles. The first-order valence-electron chi connectivity index (χ1n) is 6.25. The molecule has 1 aliphatic rings. The van der Waals surface area contributed by atoms with Gasteiger partial charge in [0.2, 0.25) is 10.0 Å². The molecule has 0 spiro atoms. The molecule has 1 aromatic rings. The molecular weight excluding hydrogens is 250 g/mol. The molecule has 0 aromatic heterocycles. The van der Waals surface area contributed by atoms with Gasteiger partial charge >= 0.3 is 0 Å². The molecule has 1 aliphatic carbocycles. The van der Waals surface area contributed by atoms with Gasteiger partial charge in [0.25, 0.3) is 0 Å². The average molecular weight is 269 g/mol. The van der Waals surface area contributed by atoms with Crippen molar-refractivity contribution in [1.82, 2.24) is 4.72 Å². The Kier molecular flexibility index (Phi) is 4.04. The van der Waals surface area contributed by atoms with Gasteiger partial charge < -0.3 is 5.11 Å². The predicted molar refractivity (Wildman–Crippen MR) is 69.8 cm³/mol. The van der Waals surface area contributed by atoms with E-state index >= 15 is 0 Å². The van der Waals surface area contributed by atoms with Gasteiger partial charge in [0.15, 0.2) is 0 Å². The molecule has 2 atom stereocenters. The maximum Gasteiger partial charge on any atom is 0.241 e. The topological polar surface area (TPSA) is 66.4 Å². The predicted octanol–water partition coefficient (Wildman–Crippen LogP) is 1.58. The second kappa shape index (κ2) is 5.38. The number of aliphatic hydroxyl groups excluding tert-OH is 1. The van der Waals surface area contributed by atoms with Crippen molar-refractivity contribution in [1.29, 1.82) is 0 Å². The van der Waals surface area contributed by atoms with Crippen LogP contribution in [0.25, 0.3) is 0 Å². The molecule has 0 amide bonds. The summed E-state index contributed by atoms with van der Waals surface area (Å²) in [4.78, 5) is 0.324. The number of benzene rings is 1. The molecule has 0 bridgehead atoms. The van der Waals surface area contributed by atoms with Gasteiger partial charge in [-0.05, 0) is 44.2 Å². The third-order valence-corrected chi connectivity index (χ3v) is 5.03. The van der Waals surface area contributed by atoms with Crippen LogP contribution in [0, 0.1) is 6.92 Å². The molecular formula is C13H19NO3S. The number of nitrogens with one attached hydrogen (secondary N) is 1. The van der Waals surface area contributed by atoms with Crippen LogP contribution in [0.15, 0.2) is 29.2 Å². The van der Waals surface area contributed by atoms with Crippen molar-refractivity contribution in [2.75, 3.05) is 0 Å². The Hall–Kier alpha value is -0.910. The van der Waals surface area contributed by atoms with Crippen LogP contribution in [0.4, 0.5) is 0 Å². The molecule has 0 aliphatic heterocycles. The van der Waals surface area contributed by atoms with Crippen molar-refractivity contribution >= 4 is 10.0 Å². The number of aliphatic hydroxyl groups is 1. The average Bonchev–Trinajstić information content (AvgIpc) is 2.28. The van der Waals surface area contributed by atoms with Gasteiger partial charge in [0.1, 0.15) is 0 Å². The highest BCUT2D eigenvalue weighted by molar-refractivity contribution is 7.89. The van der Waals surface area contributed by atoms with Crippen molar-refractivity contribution in [3.8, 4) is 0 Å². The molecule has 0 heterocycles. The lowest BCUT2D eigenvalue weighted by Crippen LogP contribution is -2.39. The zero-order chi connectivity index (χ0) is 13.2. The highest BCUT2D eigenvalue weighted by Gasteiger charge is 2.26. The standard InChI is InChI=1S/C13H19NO3S/c1-10-5-2-3-8-13(10)18(16,17)14-11-6-4-7-12(15)9-11/h2-3,5,8,11-12,14-15H,4,6-7,9H2,1H3. The van der Waals surface area contributed by atoms with Crippen molar-refractivity contribution in [3.63, 3.8) is 0 Å². The van der Waals surface area contributed by atoms with Gasteiger partial charge in [-0.15, -0.1) is 0 Å². The smallest absolute Gasteiger partial charge is 0.241 e. The van der Waals surface area contributed by atoms with Gasteiger partial charge in [-0.25, -0.2) is 13.1 Å². The van der Waals surface area contributed by atoms with Gasteiger partial charge in [-0.2, -0.15) is 0 Å². The summed E-state index contributed by atoms with van der Waals surface area (Å²) in [7, 11) is -3.48. The first kappa shape index (κ1) is 13.5.